The Morgan fingerprint density at radius 3 is 2.64 bits per heavy atom. The number of anilines is 1. The molecule has 6 nitrogen and oxygen atoms in total. The van der Waals surface area contributed by atoms with Gasteiger partial charge in [-0.15, -0.1) is 0 Å². The van der Waals surface area contributed by atoms with Gasteiger partial charge >= 0.3 is 0 Å². The third-order valence-electron chi connectivity index (χ3n) is 4.70. The highest BCUT2D eigenvalue weighted by atomic mass is 32.2. The molecule has 1 atom stereocenters. The zero-order chi connectivity index (χ0) is 20.3. The number of hydrogen-bond donors (Lipinski definition) is 0. The summed E-state index contributed by atoms with van der Waals surface area (Å²) < 4.78 is 38.2. The average Bonchev–Trinajstić information content (AvgIpc) is 2.67. The molecule has 1 heterocycles. The van der Waals surface area contributed by atoms with E-state index in [0.29, 0.717) is 12.1 Å². The van der Waals surface area contributed by atoms with Crippen molar-refractivity contribution in [2.45, 2.75) is 23.5 Å². The van der Waals surface area contributed by atoms with Crippen LogP contribution in [0.15, 0.2) is 53.4 Å². The molecule has 3 rings (SSSR count). The fraction of sp³-hybridized carbons (Fsp3) is 0.350. The van der Waals surface area contributed by atoms with Gasteiger partial charge < -0.3 is 4.90 Å². The predicted molar refractivity (Wildman–Crippen MR) is 111 cm³/mol. The van der Waals surface area contributed by atoms with E-state index >= 15 is 0 Å². The molecule has 0 radical (unpaired) electrons. The molecule has 8 heteroatoms. The molecule has 0 N–H and O–H groups in total. The van der Waals surface area contributed by atoms with E-state index in [4.69, 9.17) is 0 Å². The smallest absolute Gasteiger partial charge is 0.242 e. The Hall–Kier alpha value is -2.03. The van der Waals surface area contributed by atoms with E-state index in [0.717, 1.165) is 28.4 Å². The monoisotopic (exact) mass is 420 g/mol. The Morgan fingerprint density at radius 2 is 1.89 bits per heavy atom. The average molecular weight is 421 g/mol. The lowest BCUT2D eigenvalue weighted by atomic mass is 10.0. The SMILES string of the molecule is CN(C)S(=O)(=O)c1cccc(CS(=O)CC(=O)N2CCCc3ccccc32)c1. The van der Waals surface area contributed by atoms with Gasteiger partial charge in [0.1, 0.15) is 5.75 Å². The molecule has 28 heavy (non-hydrogen) atoms. The maximum absolute atomic E-state index is 12.7. The van der Waals surface area contributed by atoms with Crippen molar-refractivity contribution in [1.82, 2.24) is 4.31 Å². The lowest BCUT2D eigenvalue weighted by Gasteiger charge is -2.29. The van der Waals surface area contributed by atoms with Crippen LogP contribution < -0.4 is 4.90 Å². The van der Waals surface area contributed by atoms with Gasteiger partial charge in [0, 0.05) is 42.9 Å². The lowest BCUT2D eigenvalue weighted by Crippen LogP contribution is -2.38. The van der Waals surface area contributed by atoms with E-state index < -0.39 is 20.8 Å². The molecular weight excluding hydrogens is 396 g/mol. The first-order chi connectivity index (χ1) is 13.3. The molecule has 1 aliphatic heterocycles. The summed E-state index contributed by atoms with van der Waals surface area (Å²) in [5.41, 5.74) is 2.66. The molecular formula is C20H24N2O4S2. The second-order valence-electron chi connectivity index (χ2n) is 6.94. The molecule has 2 aromatic rings. The fourth-order valence-electron chi connectivity index (χ4n) is 3.25. The van der Waals surface area contributed by atoms with Gasteiger partial charge in [-0.25, -0.2) is 12.7 Å². The van der Waals surface area contributed by atoms with Gasteiger partial charge in [-0.05, 0) is 42.2 Å². The maximum Gasteiger partial charge on any atom is 0.242 e. The fourth-order valence-corrected chi connectivity index (χ4v) is 5.31. The zero-order valence-corrected chi connectivity index (χ0v) is 17.6. The third kappa shape index (κ3) is 4.51. The molecule has 0 aromatic heterocycles. The summed E-state index contributed by atoms with van der Waals surface area (Å²) in [6.45, 7) is 0.629. The molecule has 150 valence electrons. The molecule has 0 saturated carbocycles. The van der Waals surface area contributed by atoms with Crippen LogP contribution in [0.25, 0.3) is 0 Å². The van der Waals surface area contributed by atoms with E-state index in [9.17, 15) is 17.4 Å². The standard InChI is InChI=1S/C20H24N2O4S2/c1-21(2)28(25,26)18-10-5-7-16(13-18)14-27(24)15-20(23)22-12-6-9-17-8-3-4-11-19(17)22/h3-5,7-8,10-11,13H,6,9,12,14-15H2,1-2H3. The number of nitrogens with zero attached hydrogens (tertiary/aromatic N) is 2. The molecule has 0 bridgehead atoms. The number of hydrogen-bond acceptors (Lipinski definition) is 4. The van der Waals surface area contributed by atoms with Gasteiger partial charge in [0.15, 0.2) is 0 Å². The summed E-state index contributed by atoms with van der Waals surface area (Å²) in [6.07, 6.45) is 1.83. The van der Waals surface area contributed by atoms with E-state index in [1.54, 1.807) is 17.0 Å². The van der Waals surface area contributed by atoms with Gasteiger partial charge in [-0.3, -0.25) is 9.00 Å². The normalized spacial score (nSPS) is 15.3. The van der Waals surface area contributed by atoms with E-state index in [-0.39, 0.29) is 22.3 Å². The number of fused-ring (bicyclic) bond motifs is 1. The Morgan fingerprint density at radius 1 is 1.14 bits per heavy atom. The van der Waals surface area contributed by atoms with Crippen LogP contribution in [0.4, 0.5) is 5.69 Å². The second kappa shape index (κ2) is 8.55. The molecule has 0 aliphatic carbocycles. The number of amides is 1. The van der Waals surface area contributed by atoms with Crippen molar-refractivity contribution < 1.29 is 17.4 Å². The van der Waals surface area contributed by atoms with Gasteiger partial charge in [0.25, 0.3) is 0 Å². The summed E-state index contributed by atoms with van der Waals surface area (Å²) in [7, 11) is -2.04. The summed E-state index contributed by atoms with van der Waals surface area (Å²) in [5.74, 6) is -0.112. The first kappa shape index (κ1) is 20.7. The largest absolute Gasteiger partial charge is 0.311 e. The van der Waals surface area contributed by atoms with Crippen molar-refractivity contribution in [3.63, 3.8) is 0 Å². The summed E-state index contributed by atoms with van der Waals surface area (Å²) >= 11 is 0. The van der Waals surface area contributed by atoms with E-state index in [1.165, 1.54) is 26.2 Å². The highest BCUT2D eigenvalue weighted by molar-refractivity contribution is 7.89. The number of carbonyl (C=O) groups excluding carboxylic acids is 1. The predicted octanol–water partition coefficient (Wildman–Crippen LogP) is 2.17. The van der Waals surface area contributed by atoms with Crippen LogP contribution in [-0.2, 0) is 37.8 Å². The van der Waals surface area contributed by atoms with Crippen molar-refractivity contribution in [2.75, 3.05) is 31.3 Å². The van der Waals surface area contributed by atoms with Crippen molar-refractivity contribution in [2.24, 2.45) is 0 Å². The van der Waals surface area contributed by atoms with Gasteiger partial charge in [0.05, 0.1) is 4.90 Å². The number of benzene rings is 2. The minimum absolute atomic E-state index is 0.0843. The maximum atomic E-state index is 12.7. The van der Waals surface area contributed by atoms with Crippen molar-refractivity contribution in [3.8, 4) is 0 Å². The number of para-hydroxylation sites is 1. The molecule has 2 aromatic carbocycles. The summed E-state index contributed by atoms with van der Waals surface area (Å²) in [6, 6.07) is 14.2. The molecule has 0 spiro atoms. The van der Waals surface area contributed by atoms with Crippen LogP contribution in [0, 0.1) is 0 Å². The van der Waals surface area contributed by atoms with Crippen molar-refractivity contribution >= 4 is 32.4 Å². The summed E-state index contributed by atoms with van der Waals surface area (Å²) in [5, 5.41) is 0. The van der Waals surface area contributed by atoms with Crippen LogP contribution in [0.1, 0.15) is 17.5 Å². The first-order valence-corrected chi connectivity index (χ1v) is 12.0. The van der Waals surface area contributed by atoms with Crippen molar-refractivity contribution in [1.29, 1.82) is 0 Å². The topological polar surface area (TPSA) is 74.8 Å². The first-order valence-electron chi connectivity index (χ1n) is 9.04. The number of carbonyl (C=O) groups is 1. The van der Waals surface area contributed by atoms with Gasteiger partial charge in [-0.1, -0.05) is 30.3 Å². The van der Waals surface area contributed by atoms with Gasteiger partial charge in [0.2, 0.25) is 15.9 Å². The molecule has 1 amide bonds. The summed E-state index contributed by atoms with van der Waals surface area (Å²) in [4.78, 5) is 14.6. The zero-order valence-electron chi connectivity index (χ0n) is 16.0. The van der Waals surface area contributed by atoms with Gasteiger partial charge in [-0.2, -0.15) is 0 Å². The molecule has 1 aliphatic rings. The Bertz CT molecular complexity index is 1000. The van der Waals surface area contributed by atoms with E-state index in [1.807, 2.05) is 24.3 Å². The lowest BCUT2D eigenvalue weighted by molar-refractivity contribution is -0.116. The Kier molecular flexibility index (Phi) is 6.32. The molecule has 1 unspecified atom stereocenters. The number of aryl methyl sites for hydroxylation is 1. The highest BCUT2D eigenvalue weighted by Crippen LogP contribution is 2.27. The minimum atomic E-state index is -3.55. The molecule has 0 fully saturated rings. The quantitative estimate of drug-likeness (QED) is 0.718. The highest BCUT2D eigenvalue weighted by Gasteiger charge is 2.24. The van der Waals surface area contributed by atoms with Crippen LogP contribution >= 0.6 is 0 Å². The number of sulfonamides is 1. The number of rotatable bonds is 6. The minimum Gasteiger partial charge on any atom is -0.311 e. The van der Waals surface area contributed by atoms with Crippen LogP contribution in [0.2, 0.25) is 0 Å². The van der Waals surface area contributed by atoms with Crippen LogP contribution in [-0.4, -0.2) is 49.2 Å². The van der Waals surface area contributed by atoms with E-state index in [2.05, 4.69) is 0 Å². The van der Waals surface area contributed by atoms with Crippen LogP contribution in [0.5, 0.6) is 0 Å². The molecule has 0 saturated heterocycles. The van der Waals surface area contributed by atoms with Crippen LogP contribution in [0.3, 0.4) is 0 Å². The Balaban J connectivity index is 1.69. The third-order valence-corrected chi connectivity index (χ3v) is 7.74. The van der Waals surface area contributed by atoms with Crippen molar-refractivity contribution in [3.05, 3.63) is 59.7 Å². The second-order valence-corrected chi connectivity index (χ2v) is 10.5. The Labute approximate surface area is 168 Å².